The van der Waals surface area contributed by atoms with Crippen LogP contribution < -0.4 is 0 Å². The molecule has 0 saturated carbocycles. The summed E-state index contributed by atoms with van der Waals surface area (Å²) in [4.78, 5) is 4.14. The van der Waals surface area contributed by atoms with Crippen molar-refractivity contribution in [3.8, 4) is 0 Å². The third kappa shape index (κ3) is 1.45. The molecule has 2 heterocycles. The van der Waals surface area contributed by atoms with Gasteiger partial charge in [-0.25, -0.2) is 0 Å². The number of benzene rings is 2. The van der Waals surface area contributed by atoms with Crippen LogP contribution in [0, 0.1) is 0 Å². The summed E-state index contributed by atoms with van der Waals surface area (Å²) in [7, 11) is 0. The molecule has 0 unspecified atom stereocenters. The molecule has 0 radical (unpaired) electrons. The van der Waals surface area contributed by atoms with E-state index in [0.717, 1.165) is 26.0 Å². The Balaban J connectivity index is 2.23. The summed E-state index contributed by atoms with van der Waals surface area (Å²) in [5.41, 5.74) is 1.48. The monoisotopic (exact) mass is 293 g/mol. The minimum atomic E-state index is 0.171. The Morgan fingerprint density at radius 1 is 1.00 bits per heavy atom. The molecule has 0 aliphatic carbocycles. The lowest BCUT2D eigenvalue weighted by molar-refractivity contribution is 0.605. The number of hydrogen-bond acceptors (Lipinski definition) is 3. The van der Waals surface area contributed by atoms with Crippen LogP contribution >= 0.6 is 34.5 Å². The highest BCUT2D eigenvalue weighted by Crippen LogP contribution is 2.37. The first-order valence-corrected chi connectivity index (χ1v) is 6.86. The largest absolute Gasteiger partial charge is 0.428 e. The van der Waals surface area contributed by atoms with E-state index in [2.05, 4.69) is 4.98 Å². The average molecular weight is 294 g/mol. The quantitative estimate of drug-likeness (QED) is 0.428. The van der Waals surface area contributed by atoms with E-state index in [1.807, 2.05) is 30.3 Å². The summed E-state index contributed by atoms with van der Waals surface area (Å²) in [6, 6.07) is 9.88. The number of aromatic nitrogens is 1. The van der Waals surface area contributed by atoms with Crippen molar-refractivity contribution < 1.29 is 4.42 Å². The van der Waals surface area contributed by atoms with Crippen LogP contribution in [0.2, 0.25) is 10.4 Å². The molecule has 0 aliphatic heterocycles. The van der Waals surface area contributed by atoms with Crippen molar-refractivity contribution in [1.29, 1.82) is 0 Å². The summed E-state index contributed by atoms with van der Waals surface area (Å²) < 4.78 is 7.68. The predicted octanol–water partition coefficient (Wildman–Crippen LogP) is 5.50. The molecule has 2 aromatic carbocycles. The van der Waals surface area contributed by atoms with Crippen LogP contribution in [-0.4, -0.2) is 4.98 Å². The van der Waals surface area contributed by atoms with Gasteiger partial charge in [0.25, 0.3) is 5.35 Å². The van der Waals surface area contributed by atoms with Gasteiger partial charge in [-0.15, -0.1) is 11.3 Å². The van der Waals surface area contributed by atoms with E-state index in [1.165, 1.54) is 4.70 Å². The van der Waals surface area contributed by atoms with Gasteiger partial charge in [0.05, 0.1) is 0 Å². The van der Waals surface area contributed by atoms with Gasteiger partial charge in [0.2, 0.25) is 0 Å². The van der Waals surface area contributed by atoms with Crippen LogP contribution in [-0.2, 0) is 0 Å². The van der Waals surface area contributed by atoms with E-state index in [-0.39, 0.29) is 5.35 Å². The van der Waals surface area contributed by atoms with Gasteiger partial charge < -0.3 is 4.42 Å². The molecule has 0 aliphatic rings. The Kier molecular flexibility index (Phi) is 2.13. The van der Waals surface area contributed by atoms with Crippen LogP contribution in [0.15, 0.2) is 34.7 Å². The molecule has 5 heteroatoms. The van der Waals surface area contributed by atoms with Crippen molar-refractivity contribution in [3.63, 3.8) is 0 Å². The van der Waals surface area contributed by atoms with E-state index in [1.54, 1.807) is 11.3 Å². The number of nitrogens with zero attached hydrogens (tertiary/aromatic N) is 1. The van der Waals surface area contributed by atoms with Crippen LogP contribution in [0.25, 0.3) is 31.3 Å². The van der Waals surface area contributed by atoms with Crippen molar-refractivity contribution >= 4 is 65.8 Å². The fraction of sp³-hybridized carbons (Fsp3) is 0. The molecule has 0 amide bonds. The van der Waals surface area contributed by atoms with Crippen LogP contribution in [0.4, 0.5) is 0 Å². The van der Waals surface area contributed by atoms with E-state index in [9.17, 15) is 0 Å². The molecule has 0 bridgehead atoms. The molecule has 18 heavy (non-hydrogen) atoms. The lowest BCUT2D eigenvalue weighted by atomic mass is 10.1. The molecule has 2 nitrogen and oxygen atoms in total. The van der Waals surface area contributed by atoms with Crippen LogP contribution in [0.1, 0.15) is 0 Å². The zero-order valence-electron chi connectivity index (χ0n) is 8.91. The normalized spacial score (nSPS) is 11.9. The highest BCUT2D eigenvalue weighted by molar-refractivity contribution is 7.25. The topological polar surface area (TPSA) is 26.0 Å². The lowest BCUT2D eigenvalue weighted by Gasteiger charge is -1.92. The van der Waals surface area contributed by atoms with E-state index in [4.69, 9.17) is 27.6 Å². The second-order valence-electron chi connectivity index (χ2n) is 4.03. The lowest BCUT2D eigenvalue weighted by Crippen LogP contribution is -1.69. The summed E-state index contributed by atoms with van der Waals surface area (Å²) in [6.45, 7) is 0. The number of thiophene rings is 1. The number of halogens is 2. The number of hydrogen-bond donors (Lipinski definition) is 0. The minimum Gasteiger partial charge on any atom is -0.428 e. The van der Waals surface area contributed by atoms with E-state index >= 15 is 0 Å². The molecular weight excluding hydrogens is 289 g/mol. The van der Waals surface area contributed by atoms with Gasteiger partial charge in [0.15, 0.2) is 5.58 Å². The summed E-state index contributed by atoms with van der Waals surface area (Å²) in [5.74, 6) is 0. The van der Waals surface area contributed by atoms with Crippen molar-refractivity contribution in [2.24, 2.45) is 0 Å². The minimum absolute atomic E-state index is 0.171. The Labute approximate surface area is 116 Å². The van der Waals surface area contributed by atoms with Gasteiger partial charge in [0, 0.05) is 31.3 Å². The highest BCUT2D eigenvalue weighted by Gasteiger charge is 2.10. The highest BCUT2D eigenvalue weighted by atomic mass is 35.5. The SMILES string of the molecule is Clc1ccc2sc3cc4oc(Cl)nc4cc3c2c1. The molecule has 0 spiro atoms. The molecule has 0 saturated heterocycles. The molecule has 4 aromatic rings. The molecule has 2 aromatic heterocycles. The Morgan fingerprint density at radius 3 is 2.72 bits per heavy atom. The van der Waals surface area contributed by atoms with Gasteiger partial charge in [-0.2, -0.15) is 4.98 Å². The molecule has 0 atom stereocenters. The zero-order valence-corrected chi connectivity index (χ0v) is 11.2. The molecule has 88 valence electrons. The Bertz CT molecular complexity index is 909. The zero-order chi connectivity index (χ0) is 12.3. The van der Waals surface area contributed by atoms with Gasteiger partial charge in [0.1, 0.15) is 5.52 Å². The number of rotatable bonds is 0. The average Bonchev–Trinajstić information content (AvgIpc) is 2.85. The second-order valence-corrected chi connectivity index (χ2v) is 5.87. The van der Waals surface area contributed by atoms with Crippen molar-refractivity contribution in [2.75, 3.05) is 0 Å². The summed E-state index contributed by atoms with van der Waals surface area (Å²) in [5, 5.41) is 3.18. The molecular formula is C13H5Cl2NOS. The third-order valence-electron chi connectivity index (χ3n) is 2.92. The fourth-order valence-corrected chi connectivity index (χ4v) is 3.59. The Morgan fingerprint density at radius 2 is 1.83 bits per heavy atom. The fourth-order valence-electron chi connectivity index (χ4n) is 2.14. The maximum absolute atomic E-state index is 6.05. The second kappa shape index (κ2) is 3.60. The first-order valence-electron chi connectivity index (χ1n) is 5.28. The molecule has 4 rings (SSSR count). The first kappa shape index (κ1) is 10.6. The standard InChI is InChI=1S/C13H5Cl2NOS/c14-6-1-2-11-7(3-6)8-4-9-10(5-12(8)18-11)17-13(15)16-9/h1-5H. The first-order chi connectivity index (χ1) is 8.70. The predicted molar refractivity (Wildman–Crippen MR) is 76.9 cm³/mol. The van der Waals surface area contributed by atoms with E-state index in [0.29, 0.717) is 5.58 Å². The molecule has 0 N–H and O–H groups in total. The van der Waals surface area contributed by atoms with Crippen molar-refractivity contribution in [2.45, 2.75) is 0 Å². The van der Waals surface area contributed by atoms with Crippen molar-refractivity contribution in [1.82, 2.24) is 4.98 Å². The Hall–Kier alpha value is -1.29. The van der Waals surface area contributed by atoms with Gasteiger partial charge in [-0.1, -0.05) is 11.6 Å². The number of fused-ring (bicyclic) bond motifs is 4. The van der Waals surface area contributed by atoms with Crippen molar-refractivity contribution in [3.05, 3.63) is 40.7 Å². The smallest absolute Gasteiger partial charge is 0.293 e. The molecule has 0 fully saturated rings. The van der Waals surface area contributed by atoms with Gasteiger partial charge >= 0.3 is 0 Å². The van der Waals surface area contributed by atoms with Crippen LogP contribution in [0.3, 0.4) is 0 Å². The maximum Gasteiger partial charge on any atom is 0.293 e. The summed E-state index contributed by atoms with van der Waals surface area (Å²) >= 11 is 13.5. The maximum atomic E-state index is 6.05. The van der Waals surface area contributed by atoms with Gasteiger partial charge in [-0.3, -0.25) is 0 Å². The van der Waals surface area contributed by atoms with Gasteiger partial charge in [-0.05, 0) is 35.9 Å². The number of oxazole rings is 1. The van der Waals surface area contributed by atoms with E-state index < -0.39 is 0 Å². The summed E-state index contributed by atoms with van der Waals surface area (Å²) in [6.07, 6.45) is 0. The third-order valence-corrected chi connectivity index (χ3v) is 4.45. The van der Waals surface area contributed by atoms with Crippen LogP contribution in [0.5, 0.6) is 0 Å².